The number of hydrogen-bond donors (Lipinski definition) is 0. The predicted octanol–water partition coefficient (Wildman–Crippen LogP) is 4.89. The van der Waals surface area contributed by atoms with Crippen LogP contribution in [0.3, 0.4) is 0 Å². The van der Waals surface area contributed by atoms with Gasteiger partial charge in [-0.25, -0.2) is 0 Å². The van der Waals surface area contributed by atoms with Crippen LogP contribution >= 0.6 is 7.14 Å². The molecule has 0 aliphatic carbocycles. The second kappa shape index (κ2) is 7.47. The van der Waals surface area contributed by atoms with Crippen molar-refractivity contribution in [3.05, 3.63) is 103 Å². The second-order valence-corrected chi connectivity index (χ2v) is 8.79. The monoisotopic (exact) mass is 332 g/mol. The SMILES string of the molecule is C=Cc1cccc(CCP(=O)(c2ccccc2)c2ccccc2)c1. The molecule has 24 heavy (non-hydrogen) atoms. The molecule has 0 atom stereocenters. The van der Waals surface area contributed by atoms with Crippen molar-refractivity contribution < 1.29 is 4.57 Å². The maximum Gasteiger partial charge on any atom is 0.143 e. The summed E-state index contributed by atoms with van der Waals surface area (Å²) in [5.74, 6) is 0. The molecule has 0 spiro atoms. The fraction of sp³-hybridized carbons (Fsp3) is 0.0909. The van der Waals surface area contributed by atoms with Crippen LogP contribution in [0.5, 0.6) is 0 Å². The van der Waals surface area contributed by atoms with Crippen LogP contribution in [0.4, 0.5) is 0 Å². The molecule has 0 fully saturated rings. The van der Waals surface area contributed by atoms with Gasteiger partial charge in [-0.2, -0.15) is 0 Å². The first-order valence-corrected chi connectivity index (χ1v) is 10.0. The zero-order chi connectivity index (χ0) is 16.8. The number of hydrogen-bond acceptors (Lipinski definition) is 1. The van der Waals surface area contributed by atoms with Crippen molar-refractivity contribution in [1.29, 1.82) is 0 Å². The van der Waals surface area contributed by atoms with Crippen LogP contribution in [0.2, 0.25) is 0 Å². The molecule has 0 N–H and O–H groups in total. The highest BCUT2D eigenvalue weighted by Crippen LogP contribution is 2.43. The summed E-state index contributed by atoms with van der Waals surface area (Å²) in [7, 11) is -2.64. The van der Waals surface area contributed by atoms with Crippen molar-refractivity contribution in [3.8, 4) is 0 Å². The third kappa shape index (κ3) is 3.58. The van der Waals surface area contributed by atoms with Gasteiger partial charge in [0.05, 0.1) is 0 Å². The molecule has 0 amide bonds. The Hall–Kier alpha value is -2.37. The summed E-state index contributed by atoms with van der Waals surface area (Å²) in [5, 5.41) is 1.85. The van der Waals surface area contributed by atoms with E-state index < -0.39 is 7.14 Å². The fourth-order valence-corrected chi connectivity index (χ4v) is 5.60. The fourth-order valence-electron chi connectivity index (χ4n) is 2.91. The summed E-state index contributed by atoms with van der Waals surface area (Å²) >= 11 is 0. The summed E-state index contributed by atoms with van der Waals surface area (Å²) < 4.78 is 13.9. The first kappa shape index (κ1) is 16.5. The average molecular weight is 332 g/mol. The standard InChI is InChI=1S/C22H21OP/c1-2-19-10-9-11-20(18-19)16-17-24(23,21-12-5-3-6-13-21)22-14-7-4-8-15-22/h2-15,18H,1,16-17H2. The molecule has 0 aromatic heterocycles. The van der Waals surface area contributed by atoms with Gasteiger partial charge in [0.1, 0.15) is 7.14 Å². The molecule has 1 nitrogen and oxygen atoms in total. The molecule has 3 rings (SSSR count). The lowest BCUT2D eigenvalue weighted by atomic mass is 10.1. The quantitative estimate of drug-likeness (QED) is 0.588. The average Bonchev–Trinajstić information content (AvgIpc) is 2.67. The van der Waals surface area contributed by atoms with Gasteiger partial charge in [0.25, 0.3) is 0 Å². The van der Waals surface area contributed by atoms with Crippen molar-refractivity contribution in [1.82, 2.24) is 0 Å². The van der Waals surface area contributed by atoms with Gasteiger partial charge < -0.3 is 4.57 Å². The van der Waals surface area contributed by atoms with E-state index in [0.717, 1.165) is 22.6 Å². The highest BCUT2D eigenvalue weighted by molar-refractivity contribution is 7.78. The van der Waals surface area contributed by atoms with E-state index >= 15 is 0 Å². The molecule has 0 saturated heterocycles. The minimum atomic E-state index is -2.64. The first-order valence-electron chi connectivity index (χ1n) is 8.14. The van der Waals surface area contributed by atoms with Crippen LogP contribution in [-0.2, 0) is 11.0 Å². The van der Waals surface area contributed by atoms with Crippen LogP contribution in [0, 0.1) is 0 Å². The molecule has 0 heterocycles. The Morgan fingerprint density at radius 1 is 0.792 bits per heavy atom. The smallest absolute Gasteiger partial charge is 0.143 e. The molecular weight excluding hydrogens is 311 g/mol. The normalized spacial score (nSPS) is 11.2. The van der Waals surface area contributed by atoms with Crippen LogP contribution in [-0.4, -0.2) is 6.16 Å². The maximum atomic E-state index is 13.9. The molecule has 0 radical (unpaired) electrons. The molecule has 0 saturated carbocycles. The van der Waals surface area contributed by atoms with E-state index in [-0.39, 0.29) is 0 Å². The zero-order valence-electron chi connectivity index (χ0n) is 13.6. The zero-order valence-corrected chi connectivity index (χ0v) is 14.5. The van der Waals surface area contributed by atoms with Crippen molar-refractivity contribution in [2.75, 3.05) is 6.16 Å². The van der Waals surface area contributed by atoms with Crippen LogP contribution < -0.4 is 10.6 Å². The van der Waals surface area contributed by atoms with E-state index in [2.05, 4.69) is 18.7 Å². The van der Waals surface area contributed by atoms with E-state index in [1.54, 1.807) is 0 Å². The van der Waals surface area contributed by atoms with Gasteiger partial charge in [-0.1, -0.05) is 97.6 Å². The minimum Gasteiger partial charge on any atom is -0.314 e. The number of benzene rings is 3. The van der Waals surface area contributed by atoms with Gasteiger partial charge >= 0.3 is 0 Å². The third-order valence-corrected chi connectivity index (χ3v) is 7.37. The van der Waals surface area contributed by atoms with E-state index in [1.807, 2.05) is 78.9 Å². The van der Waals surface area contributed by atoms with Crippen LogP contribution in [0.25, 0.3) is 6.08 Å². The van der Waals surface area contributed by atoms with Gasteiger partial charge in [0.15, 0.2) is 0 Å². The molecule has 0 unspecified atom stereocenters. The van der Waals surface area contributed by atoms with Crippen LogP contribution in [0.15, 0.2) is 91.5 Å². The Labute approximate surface area is 144 Å². The Bertz CT molecular complexity index is 810. The van der Waals surface area contributed by atoms with Gasteiger partial charge in [-0.3, -0.25) is 0 Å². The molecule has 0 aliphatic heterocycles. The molecule has 0 aliphatic rings. The van der Waals surface area contributed by atoms with E-state index in [1.165, 1.54) is 5.56 Å². The van der Waals surface area contributed by atoms with Crippen LogP contribution in [0.1, 0.15) is 11.1 Å². The topological polar surface area (TPSA) is 17.1 Å². The molecule has 0 bridgehead atoms. The van der Waals surface area contributed by atoms with Crippen molar-refractivity contribution in [2.24, 2.45) is 0 Å². The summed E-state index contributed by atoms with van der Waals surface area (Å²) in [4.78, 5) is 0. The summed E-state index contributed by atoms with van der Waals surface area (Å²) in [6.07, 6.45) is 3.25. The maximum absolute atomic E-state index is 13.9. The summed E-state index contributed by atoms with van der Waals surface area (Å²) in [5.41, 5.74) is 2.29. The molecule has 120 valence electrons. The van der Waals surface area contributed by atoms with E-state index in [9.17, 15) is 4.57 Å². The van der Waals surface area contributed by atoms with Crippen molar-refractivity contribution in [3.63, 3.8) is 0 Å². The Balaban J connectivity index is 1.94. The lowest BCUT2D eigenvalue weighted by molar-refractivity contribution is 0.586. The van der Waals surface area contributed by atoms with Crippen molar-refractivity contribution >= 4 is 23.8 Å². The van der Waals surface area contributed by atoms with Gasteiger partial charge in [0.2, 0.25) is 0 Å². The lowest BCUT2D eigenvalue weighted by Gasteiger charge is -2.19. The molecular formula is C22H21OP. The highest BCUT2D eigenvalue weighted by Gasteiger charge is 2.26. The van der Waals surface area contributed by atoms with Gasteiger partial charge in [0, 0.05) is 16.8 Å². The highest BCUT2D eigenvalue weighted by atomic mass is 31.2. The minimum absolute atomic E-state index is 0.627. The largest absolute Gasteiger partial charge is 0.314 e. The first-order chi connectivity index (χ1) is 11.7. The summed E-state index contributed by atoms with van der Waals surface area (Å²) in [6, 6.07) is 28.0. The number of aryl methyl sites for hydroxylation is 1. The summed E-state index contributed by atoms with van der Waals surface area (Å²) in [6.45, 7) is 3.82. The predicted molar refractivity (Wildman–Crippen MR) is 105 cm³/mol. The Morgan fingerprint density at radius 3 is 1.92 bits per heavy atom. The molecule has 3 aromatic carbocycles. The third-order valence-electron chi connectivity index (χ3n) is 4.25. The van der Waals surface area contributed by atoms with Gasteiger partial charge in [-0.05, 0) is 17.5 Å². The Kier molecular flexibility index (Phi) is 5.13. The Morgan fingerprint density at radius 2 is 1.38 bits per heavy atom. The van der Waals surface area contributed by atoms with E-state index in [0.29, 0.717) is 6.16 Å². The van der Waals surface area contributed by atoms with Gasteiger partial charge in [-0.15, -0.1) is 0 Å². The second-order valence-electron chi connectivity index (χ2n) is 5.83. The van der Waals surface area contributed by atoms with E-state index in [4.69, 9.17) is 0 Å². The van der Waals surface area contributed by atoms with Crippen molar-refractivity contribution in [2.45, 2.75) is 6.42 Å². The molecule has 3 aromatic rings. The molecule has 2 heteroatoms. The number of rotatable bonds is 6. The lowest BCUT2D eigenvalue weighted by Crippen LogP contribution is -2.19.